The molecule has 19 heavy (non-hydrogen) atoms. The van der Waals surface area contributed by atoms with Crippen molar-refractivity contribution in [3.63, 3.8) is 0 Å². The third-order valence-electron chi connectivity index (χ3n) is 3.74. The SMILES string of the molecule is Cl.N[C@H](c1ccc2ccccc2n1)C1CCOCC1. The van der Waals surface area contributed by atoms with Crippen molar-refractivity contribution in [1.29, 1.82) is 0 Å². The molecule has 0 unspecified atom stereocenters. The molecule has 4 heteroatoms. The number of hydrogen-bond donors (Lipinski definition) is 1. The first-order chi connectivity index (χ1) is 8.84. The molecule has 102 valence electrons. The van der Waals surface area contributed by atoms with Crippen LogP contribution in [0.5, 0.6) is 0 Å². The summed E-state index contributed by atoms with van der Waals surface area (Å²) in [7, 11) is 0. The van der Waals surface area contributed by atoms with Crippen LogP contribution in [0, 0.1) is 5.92 Å². The van der Waals surface area contributed by atoms with Crippen molar-refractivity contribution in [3.8, 4) is 0 Å². The molecule has 1 aromatic carbocycles. The smallest absolute Gasteiger partial charge is 0.0706 e. The van der Waals surface area contributed by atoms with Crippen molar-refractivity contribution in [2.45, 2.75) is 18.9 Å². The highest BCUT2D eigenvalue weighted by molar-refractivity contribution is 5.85. The molecule has 1 aliphatic heterocycles. The Morgan fingerprint density at radius 1 is 1.11 bits per heavy atom. The number of aromatic nitrogens is 1. The lowest BCUT2D eigenvalue weighted by Crippen LogP contribution is -2.28. The average Bonchev–Trinajstić information content (AvgIpc) is 2.47. The zero-order chi connectivity index (χ0) is 12.4. The Labute approximate surface area is 119 Å². The van der Waals surface area contributed by atoms with E-state index in [0.717, 1.165) is 37.3 Å². The molecular weight excluding hydrogens is 260 g/mol. The van der Waals surface area contributed by atoms with E-state index in [1.807, 2.05) is 18.2 Å². The molecule has 2 N–H and O–H groups in total. The molecular formula is C15H19ClN2O. The Kier molecular flexibility index (Phi) is 4.75. The number of halogens is 1. The second kappa shape index (κ2) is 6.33. The minimum atomic E-state index is 0. The van der Waals surface area contributed by atoms with Gasteiger partial charge in [0.15, 0.2) is 0 Å². The number of nitrogens with zero attached hydrogens (tertiary/aromatic N) is 1. The van der Waals surface area contributed by atoms with E-state index >= 15 is 0 Å². The maximum atomic E-state index is 6.34. The summed E-state index contributed by atoms with van der Waals surface area (Å²) < 4.78 is 5.38. The summed E-state index contributed by atoms with van der Waals surface area (Å²) in [6, 6.07) is 12.3. The van der Waals surface area contributed by atoms with Gasteiger partial charge in [0.1, 0.15) is 0 Å². The Morgan fingerprint density at radius 3 is 2.63 bits per heavy atom. The predicted octanol–water partition coefficient (Wildman–Crippen LogP) is 3.08. The summed E-state index contributed by atoms with van der Waals surface area (Å²) in [5.74, 6) is 0.493. The number of hydrogen-bond acceptors (Lipinski definition) is 3. The van der Waals surface area contributed by atoms with Crippen LogP contribution in [0.15, 0.2) is 36.4 Å². The van der Waals surface area contributed by atoms with Gasteiger partial charge in [-0.3, -0.25) is 4.98 Å². The van der Waals surface area contributed by atoms with Gasteiger partial charge in [-0.05, 0) is 30.9 Å². The molecule has 0 radical (unpaired) electrons. The fourth-order valence-corrected chi connectivity index (χ4v) is 2.58. The van der Waals surface area contributed by atoms with Gasteiger partial charge in [-0.1, -0.05) is 24.3 Å². The molecule has 3 nitrogen and oxygen atoms in total. The maximum Gasteiger partial charge on any atom is 0.0706 e. The summed E-state index contributed by atoms with van der Waals surface area (Å²) in [5, 5.41) is 1.17. The molecule has 0 aliphatic carbocycles. The molecule has 1 aliphatic rings. The van der Waals surface area contributed by atoms with E-state index in [2.05, 4.69) is 23.2 Å². The van der Waals surface area contributed by atoms with E-state index in [1.165, 1.54) is 5.39 Å². The van der Waals surface area contributed by atoms with Gasteiger partial charge >= 0.3 is 0 Å². The van der Waals surface area contributed by atoms with Crippen LogP contribution >= 0.6 is 12.4 Å². The quantitative estimate of drug-likeness (QED) is 0.918. The van der Waals surface area contributed by atoms with Crippen LogP contribution in [0.25, 0.3) is 10.9 Å². The van der Waals surface area contributed by atoms with Gasteiger partial charge in [0.05, 0.1) is 17.3 Å². The summed E-state index contributed by atoms with van der Waals surface area (Å²) >= 11 is 0. The lowest BCUT2D eigenvalue weighted by atomic mass is 9.90. The number of benzene rings is 1. The molecule has 1 fully saturated rings. The van der Waals surface area contributed by atoms with Crippen LogP contribution in [-0.2, 0) is 4.74 Å². The monoisotopic (exact) mass is 278 g/mol. The van der Waals surface area contributed by atoms with Gasteiger partial charge in [-0.2, -0.15) is 0 Å². The average molecular weight is 279 g/mol. The Hall–Kier alpha value is -1.16. The standard InChI is InChI=1S/C15H18N2O.ClH/c16-15(12-7-9-18-10-8-12)14-6-5-11-3-1-2-4-13(11)17-14;/h1-6,12,15H,7-10,16H2;1H/t15-;/m0./s1. The van der Waals surface area contributed by atoms with E-state index in [0.29, 0.717) is 5.92 Å². The molecule has 0 saturated carbocycles. The summed E-state index contributed by atoms with van der Waals surface area (Å²) in [6.07, 6.45) is 2.07. The van der Waals surface area contributed by atoms with Crippen molar-refractivity contribution in [2.24, 2.45) is 11.7 Å². The van der Waals surface area contributed by atoms with Gasteiger partial charge in [0, 0.05) is 18.6 Å². The third-order valence-corrected chi connectivity index (χ3v) is 3.74. The summed E-state index contributed by atoms with van der Waals surface area (Å²) in [6.45, 7) is 1.65. The van der Waals surface area contributed by atoms with Crippen molar-refractivity contribution in [3.05, 3.63) is 42.1 Å². The number of rotatable bonds is 2. The second-order valence-electron chi connectivity index (χ2n) is 4.90. The van der Waals surface area contributed by atoms with E-state index < -0.39 is 0 Å². The largest absolute Gasteiger partial charge is 0.381 e. The minimum absolute atomic E-state index is 0. The van der Waals surface area contributed by atoms with Crippen LogP contribution < -0.4 is 5.73 Å². The predicted molar refractivity (Wildman–Crippen MR) is 79.5 cm³/mol. The lowest BCUT2D eigenvalue weighted by molar-refractivity contribution is 0.0580. The van der Waals surface area contributed by atoms with E-state index in [4.69, 9.17) is 10.5 Å². The van der Waals surface area contributed by atoms with Gasteiger partial charge in [-0.25, -0.2) is 0 Å². The molecule has 0 bridgehead atoms. The number of ether oxygens (including phenoxy) is 1. The van der Waals surface area contributed by atoms with Gasteiger partial charge in [0.2, 0.25) is 0 Å². The number of para-hydroxylation sites is 1. The van der Waals surface area contributed by atoms with E-state index in [9.17, 15) is 0 Å². The zero-order valence-electron chi connectivity index (χ0n) is 10.8. The van der Waals surface area contributed by atoms with Gasteiger partial charge in [0.25, 0.3) is 0 Å². The normalized spacial score (nSPS) is 17.9. The molecule has 0 spiro atoms. The van der Waals surface area contributed by atoms with Gasteiger partial charge in [-0.15, -0.1) is 12.4 Å². The summed E-state index contributed by atoms with van der Waals surface area (Å²) in [5.41, 5.74) is 8.37. The molecule has 3 rings (SSSR count). The first-order valence-electron chi connectivity index (χ1n) is 6.53. The Morgan fingerprint density at radius 2 is 1.84 bits per heavy atom. The molecule has 2 heterocycles. The van der Waals surface area contributed by atoms with E-state index in [1.54, 1.807) is 0 Å². The molecule has 2 aromatic rings. The van der Waals surface area contributed by atoms with Crippen molar-refractivity contribution >= 4 is 23.3 Å². The number of fused-ring (bicyclic) bond motifs is 1. The van der Waals surface area contributed by atoms with Crippen molar-refractivity contribution in [1.82, 2.24) is 4.98 Å². The summed E-state index contributed by atoms with van der Waals surface area (Å²) in [4.78, 5) is 4.68. The molecule has 1 saturated heterocycles. The highest BCUT2D eigenvalue weighted by Gasteiger charge is 2.23. The van der Waals surface area contributed by atoms with Crippen molar-refractivity contribution in [2.75, 3.05) is 13.2 Å². The van der Waals surface area contributed by atoms with Crippen LogP contribution in [0.2, 0.25) is 0 Å². The van der Waals surface area contributed by atoms with Crippen molar-refractivity contribution < 1.29 is 4.74 Å². The second-order valence-corrected chi connectivity index (χ2v) is 4.90. The molecule has 0 amide bonds. The van der Waals surface area contributed by atoms with E-state index in [-0.39, 0.29) is 18.4 Å². The highest BCUT2D eigenvalue weighted by atomic mass is 35.5. The fraction of sp³-hybridized carbons (Fsp3) is 0.400. The first-order valence-corrected chi connectivity index (χ1v) is 6.53. The number of pyridine rings is 1. The van der Waals surface area contributed by atoms with Crippen LogP contribution in [0.4, 0.5) is 0 Å². The third kappa shape index (κ3) is 3.06. The van der Waals surface area contributed by atoms with Crippen LogP contribution in [-0.4, -0.2) is 18.2 Å². The molecule has 1 aromatic heterocycles. The fourth-order valence-electron chi connectivity index (χ4n) is 2.58. The maximum absolute atomic E-state index is 6.34. The lowest BCUT2D eigenvalue weighted by Gasteiger charge is -2.27. The zero-order valence-corrected chi connectivity index (χ0v) is 11.6. The molecule has 1 atom stereocenters. The first kappa shape index (κ1) is 14.3. The van der Waals surface area contributed by atoms with Crippen LogP contribution in [0.1, 0.15) is 24.6 Å². The van der Waals surface area contributed by atoms with Gasteiger partial charge < -0.3 is 10.5 Å². The highest BCUT2D eigenvalue weighted by Crippen LogP contribution is 2.27. The Balaban J connectivity index is 0.00000133. The van der Waals surface area contributed by atoms with Crippen LogP contribution in [0.3, 0.4) is 0 Å². The number of nitrogens with two attached hydrogens (primary N) is 1. The minimum Gasteiger partial charge on any atom is -0.381 e. The Bertz CT molecular complexity index is 540. The topological polar surface area (TPSA) is 48.1 Å².